The van der Waals surface area contributed by atoms with E-state index in [1.54, 1.807) is 31.5 Å². The molecular weight excluding hydrogens is 343 g/mol. The molecule has 2 aromatic rings. The number of para-hydroxylation sites is 1. The van der Waals surface area contributed by atoms with Gasteiger partial charge < -0.3 is 4.74 Å². The molecule has 0 saturated heterocycles. The zero-order valence-electron chi connectivity index (χ0n) is 11.7. The molecule has 0 aliphatic rings. The van der Waals surface area contributed by atoms with Crippen LogP contribution in [0.2, 0.25) is 15.1 Å². The Hall–Kier alpha value is -1.68. The highest BCUT2D eigenvalue weighted by atomic mass is 35.5. The minimum atomic E-state index is 0.406. The summed E-state index contributed by atoms with van der Waals surface area (Å²) in [5.74, 6) is 0.795. The molecule has 0 amide bonds. The van der Waals surface area contributed by atoms with Crippen molar-refractivity contribution in [1.82, 2.24) is 0 Å². The molecule has 1 N–H and O–H groups in total. The van der Waals surface area contributed by atoms with Crippen LogP contribution in [0.3, 0.4) is 0 Å². The summed E-state index contributed by atoms with van der Waals surface area (Å²) in [5.41, 5.74) is 4.25. The fourth-order valence-electron chi connectivity index (χ4n) is 1.74. The minimum Gasteiger partial charge on any atom is -0.496 e. The normalized spacial score (nSPS) is 11.3. The lowest BCUT2D eigenvalue weighted by atomic mass is 10.2. The van der Waals surface area contributed by atoms with Crippen molar-refractivity contribution in [2.45, 2.75) is 0 Å². The summed E-state index contributed by atoms with van der Waals surface area (Å²) in [6.45, 7) is 0. The van der Waals surface area contributed by atoms with Crippen molar-refractivity contribution in [3.63, 3.8) is 0 Å². The molecule has 6 heteroatoms. The standard InChI is InChI=1S/C16H13Cl3N2O/c1-22-15-7-3-2-5-11(15)6-4-8-20-21-16-13(18)9-12(17)10-14(16)19/h2-10,21H,1H3. The molecule has 0 unspecified atom stereocenters. The summed E-state index contributed by atoms with van der Waals surface area (Å²) >= 11 is 17.9. The third-order valence-electron chi connectivity index (χ3n) is 2.76. The molecule has 0 aliphatic carbocycles. The summed E-state index contributed by atoms with van der Waals surface area (Å²) in [7, 11) is 1.63. The number of benzene rings is 2. The molecule has 22 heavy (non-hydrogen) atoms. The van der Waals surface area contributed by atoms with Gasteiger partial charge in [-0.15, -0.1) is 0 Å². The maximum absolute atomic E-state index is 6.04. The average molecular weight is 356 g/mol. The highest BCUT2D eigenvalue weighted by molar-refractivity contribution is 6.41. The van der Waals surface area contributed by atoms with Gasteiger partial charge in [0, 0.05) is 16.8 Å². The first-order valence-corrected chi connectivity index (χ1v) is 7.48. The van der Waals surface area contributed by atoms with Crippen molar-refractivity contribution in [1.29, 1.82) is 0 Å². The Morgan fingerprint density at radius 3 is 2.45 bits per heavy atom. The highest BCUT2D eigenvalue weighted by Crippen LogP contribution is 2.33. The zero-order valence-corrected chi connectivity index (χ0v) is 14.0. The van der Waals surface area contributed by atoms with E-state index in [0.717, 1.165) is 11.3 Å². The molecule has 0 bridgehead atoms. The van der Waals surface area contributed by atoms with Gasteiger partial charge in [-0.3, -0.25) is 5.43 Å². The molecule has 0 fully saturated rings. The SMILES string of the molecule is COc1ccccc1C=CC=NNc1c(Cl)cc(Cl)cc1Cl. The first kappa shape index (κ1) is 16.7. The summed E-state index contributed by atoms with van der Waals surface area (Å²) in [6, 6.07) is 10.9. The molecular formula is C16H13Cl3N2O. The molecule has 114 valence electrons. The number of allylic oxidation sites excluding steroid dienone is 1. The Balaban J connectivity index is 2.03. The molecule has 0 saturated carbocycles. The number of nitrogens with one attached hydrogen (secondary N) is 1. The maximum Gasteiger partial charge on any atom is 0.126 e. The fraction of sp³-hybridized carbons (Fsp3) is 0.0625. The van der Waals surface area contributed by atoms with E-state index in [1.807, 2.05) is 30.3 Å². The summed E-state index contributed by atoms with van der Waals surface area (Å²) < 4.78 is 5.26. The molecule has 0 radical (unpaired) electrons. The van der Waals surface area contributed by atoms with Crippen LogP contribution >= 0.6 is 34.8 Å². The second kappa shape index (κ2) is 8.08. The largest absolute Gasteiger partial charge is 0.496 e. The van der Waals surface area contributed by atoms with Crippen LogP contribution in [-0.2, 0) is 0 Å². The Labute approximate surface area is 144 Å². The average Bonchev–Trinajstić information content (AvgIpc) is 2.49. The Bertz CT molecular complexity index is 691. The lowest BCUT2D eigenvalue weighted by Crippen LogP contribution is -1.91. The molecule has 0 spiro atoms. The Morgan fingerprint density at radius 2 is 1.77 bits per heavy atom. The van der Waals surface area contributed by atoms with E-state index in [4.69, 9.17) is 39.5 Å². The number of hydrogen-bond donors (Lipinski definition) is 1. The van der Waals surface area contributed by atoms with Crippen LogP contribution in [0.1, 0.15) is 5.56 Å². The van der Waals surface area contributed by atoms with E-state index < -0.39 is 0 Å². The van der Waals surface area contributed by atoms with Gasteiger partial charge in [0.15, 0.2) is 0 Å². The maximum atomic E-state index is 6.04. The third kappa shape index (κ3) is 4.41. The van der Waals surface area contributed by atoms with Crippen molar-refractivity contribution in [3.05, 3.63) is 63.1 Å². The van der Waals surface area contributed by atoms with Crippen molar-refractivity contribution in [2.24, 2.45) is 5.10 Å². The second-order valence-electron chi connectivity index (χ2n) is 4.24. The van der Waals surface area contributed by atoms with Gasteiger partial charge in [0.05, 0.1) is 22.8 Å². The van der Waals surface area contributed by atoms with Crippen LogP contribution in [0.4, 0.5) is 5.69 Å². The summed E-state index contributed by atoms with van der Waals surface area (Å²) in [6.07, 6.45) is 5.26. The number of halogens is 3. The Morgan fingerprint density at radius 1 is 1.09 bits per heavy atom. The highest BCUT2D eigenvalue weighted by Gasteiger charge is 2.06. The summed E-state index contributed by atoms with van der Waals surface area (Å²) in [5, 5.41) is 5.33. The number of methoxy groups -OCH3 is 1. The molecule has 0 aliphatic heterocycles. The predicted molar refractivity (Wildman–Crippen MR) is 95.6 cm³/mol. The smallest absolute Gasteiger partial charge is 0.126 e. The molecule has 2 rings (SSSR count). The van der Waals surface area contributed by atoms with E-state index >= 15 is 0 Å². The third-order valence-corrected chi connectivity index (χ3v) is 3.57. The lowest BCUT2D eigenvalue weighted by Gasteiger charge is -2.06. The number of anilines is 1. The van der Waals surface area contributed by atoms with Gasteiger partial charge in [-0.2, -0.15) is 5.10 Å². The molecule has 3 nitrogen and oxygen atoms in total. The predicted octanol–water partition coefficient (Wildman–Crippen LogP) is 5.77. The number of ether oxygens (including phenoxy) is 1. The fourth-order valence-corrected chi connectivity index (χ4v) is 2.65. The number of hydrogen-bond acceptors (Lipinski definition) is 3. The number of rotatable bonds is 5. The topological polar surface area (TPSA) is 33.6 Å². The second-order valence-corrected chi connectivity index (χ2v) is 5.49. The molecule has 0 atom stereocenters. The van der Waals surface area contributed by atoms with Crippen LogP contribution in [0.25, 0.3) is 6.08 Å². The van der Waals surface area contributed by atoms with Crippen LogP contribution in [0.15, 0.2) is 47.6 Å². The van der Waals surface area contributed by atoms with E-state index in [9.17, 15) is 0 Å². The van der Waals surface area contributed by atoms with Gasteiger partial charge in [0.2, 0.25) is 0 Å². The van der Waals surface area contributed by atoms with Gasteiger partial charge in [0.25, 0.3) is 0 Å². The van der Waals surface area contributed by atoms with Gasteiger partial charge in [-0.05, 0) is 30.4 Å². The van der Waals surface area contributed by atoms with Crippen LogP contribution in [0.5, 0.6) is 5.75 Å². The first-order valence-electron chi connectivity index (χ1n) is 6.35. The van der Waals surface area contributed by atoms with E-state index in [-0.39, 0.29) is 0 Å². The van der Waals surface area contributed by atoms with E-state index in [1.165, 1.54) is 0 Å². The van der Waals surface area contributed by atoms with Crippen molar-refractivity contribution >= 4 is 52.8 Å². The lowest BCUT2D eigenvalue weighted by molar-refractivity contribution is 0.414. The first-order chi connectivity index (χ1) is 10.6. The van der Waals surface area contributed by atoms with Crippen molar-refractivity contribution in [3.8, 4) is 5.75 Å². The minimum absolute atomic E-state index is 0.406. The molecule has 2 aromatic carbocycles. The van der Waals surface area contributed by atoms with Crippen molar-refractivity contribution in [2.75, 3.05) is 12.5 Å². The Kier molecular flexibility index (Phi) is 6.13. The number of nitrogens with zero attached hydrogens (tertiary/aromatic N) is 1. The molecule has 0 aromatic heterocycles. The van der Waals surface area contributed by atoms with Crippen LogP contribution < -0.4 is 10.2 Å². The van der Waals surface area contributed by atoms with Gasteiger partial charge in [0.1, 0.15) is 5.75 Å². The summed E-state index contributed by atoms with van der Waals surface area (Å²) in [4.78, 5) is 0. The zero-order chi connectivity index (χ0) is 15.9. The van der Waals surface area contributed by atoms with Gasteiger partial charge in [-0.25, -0.2) is 0 Å². The quantitative estimate of drug-likeness (QED) is 0.546. The van der Waals surface area contributed by atoms with Crippen LogP contribution in [-0.4, -0.2) is 13.3 Å². The van der Waals surface area contributed by atoms with Crippen molar-refractivity contribution < 1.29 is 4.74 Å². The molecule has 0 heterocycles. The van der Waals surface area contributed by atoms with E-state index in [0.29, 0.717) is 20.8 Å². The number of hydrazone groups is 1. The monoisotopic (exact) mass is 354 g/mol. The van der Waals surface area contributed by atoms with Crippen LogP contribution in [0, 0.1) is 0 Å². The van der Waals surface area contributed by atoms with E-state index in [2.05, 4.69) is 10.5 Å². The van der Waals surface area contributed by atoms with Gasteiger partial charge in [-0.1, -0.05) is 53.0 Å². The van der Waals surface area contributed by atoms with Gasteiger partial charge >= 0.3 is 0 Å².